The van der Waals surface area contributed by atoms with Crippen LogP contribution in [0.2, 0.25) is 0 Å². The number of hydrogen-bond donors (Lipinski definition) is 1. The molecule has 1 saturated heterocycles. The zero-order chi connectivity index (χ0) is 24.6. The van der Waals surface area contributed by atoms with E-state index in [-0.39, 0.29) is 12.3 Å². The van der Waals surface area contributed by atoms with Crippen molar-refractivity contribution in [1.29, 1.82) is 0 Å². The molecule has 8 nitrogen and oxygen atoms in total. The first-order valence-electron chi connectivity index (χ1n) is 11.9. The summed E-state index contributed by atoms with van der Waals surface area (Å²) in [5, 5.41) is 3.72. The number of anilines is 1. The number of hydrogen-bond acceptors (Lipinski definition) is 7. The normalized spacial score (nSPS) is 14.6. The number of nitrogens with one attached hydrogen (secondary N) is 1. The van der Waals surface area contributed by atoms with Crippen LogP contribution in [0.15, 0.2) is 55.4 Å². The van der Waals surface area contributed by atoms with Crippen molar-refractivity contribution in [2.24, 2.45) is 0 Å². The Labute approximate surface area is 206 Å². The number of aromatic nitrogens is 2. The fraction of sp³-hybridized carbons (Fsp3) is 0.370. The van der Waals surface area contributed by atoms with E-state index in [9.17, 15) is 4.79 Å². The number of carbonyl (C=O) groups is 1. The number of amides is 1. The summed E-state index contributed by atoms with van der Waals surface area (Å²) >= 11 is 0. The van der Waals surface area contributed by atoms with Gasteiger partial charge in [-0.05, 0) is 31.7 Å². The molecule has 1 amide bonds. The molecule has 1 aliphatic heterocycles. The van der Waals surface area contributed by atoms with Crippen LogP contribution in [0.25, 0.3) is 22.2 Å². The first-order valence-corrected chi connectivity index (χ1v) is 11.9. The van der Waals surface area contributed by atoms with Crippen LogP contribution in [0.1, 0.15) is 12.8 Å². The molecule has 2 aromatic carbocycles. The van der Waals surface area contributed by atoms with Gasteiger partial charge in [-0.25, -0.2) is 9.97 Å². The molecule has 35 heavy (non-hydrogen) atoms. The minimum Gasteiger partial charge on any atom is -0.493 e. The molecule has 1 fully saturated rings. The third kappa shape index (κ3) is 6.35. The van der Waals surface area contributed by atoms with Gasteiger partial charge in [-0.3, -0.25) is 4.79 Å². The lowest BCUT2D eigenvalue weighted by atomic mass is 10.1. The first-order chi connectivity index (χ1) is 17.1. The minimum absolute atomic E-state index is 0.0963. The van der Waals surface area contributed by atoms with Gasteiger partial charge in [0.1, 0.15) is 6.33 Å². The highest BCUT2D eigenvalue weighted by molar-refractivity contribution is 5.95. The maximum Gasteiger partial charge on any atom is 0.228 e. The van der Waals surface area contributed by atoms with Crippen LogP contribution >= 0.6 is 0 Å². The van der Waals surface area contributed by atoms with Gasteiger partial charge in [-0.1, -0.05) is 18.2 Å². The smallest absolute Gasteiger partial charge is 0.228 e. The van der Waals surface area contributed by atoms with Crippen molar-refractivity contribution in [2.45, 2.75) is 12.8 Å². The molecule has 3 aromatic rings. The highest BCUT2D eigenvalue weighted by Gasteiger charge is 2.15. The van der Waals surface area contributed by atoms with E-state index in [1.165, 1.54) is 0 Å². The molecule has 1 N–H and O–H groups in total. The van der Waals surface area contributed by atoms with Crippen molar-refractivity contribution < 1.29 is 14.3 Å². The average molecular weight is 476 g/mol. The zero-order valence-corrected chi connectivity index (χ0v) is 20.5. The summed E-state index contributed by atoms with van der Waals surface area (Å²) < 4.78 is 11.7. The third-order valence-corrected chi connectivity index (χ3v) is 6.16. The predicted molar refractivity (Wildman–Crippen MR) is 139 cm³/mol. The van der Waals surface area contributed by atoms with Crippen molar-refractivity contribution in [2.75, 3.05) is 58.8 Å². The van der Waals surface area contributed by atoms with Crippen molar-refractivity contribution in [1.82, 2.24) is 19.8 Å². The van der Waals surface area contributed by atoms with Crippen molar-refractivity contribution in [3.8, 4) is 22.8 Å². The first kappa shape index (κ1) is 24.6. The molecule has 0 aliphatic carbocycles. The Kier molecular flexibility index (Phi) is 8.28. The molecule has 184 valence electrons. The molecule has 0 bridgehead atoms. The van der Waals surface area contributed by atoms with Gasteiger partial charge >= 0.3 is 0 Å². The van der Waals surface area contributed by atoms with Crippen LogP contribution in [-0.4, -0.2) is 79.2 Å². The number of nitrogens with zero attached hydrogens (tertiary/aromatic N) is 4. The summed E-state index contributed by atoms with van der Waals surface area (Å²) in [7, 11) is 3.81. The van der Waals surface area contributed by atoms with Gasteiger partial charge in [0.2, 0.25) is 5.91 Å². The van der Waals surface area contributed by atoms with Gasteiger partial charge in [0.15, 0.2) is 11.5 Å². The van der Waals surface area contributed by atoms with Gasteiger partial charge < -0.3 is 24.6 Å². The summed E-state index contributed by atoms with van der Waals surface area (Å²) in [5.74, 6) is 1.24. The number of carbonyl (C=O) groups excluding carboxylic acids is 1. The van der Waals surface area contributed by atoms with Gasteiger partial charge in [-0.15, -0.1) is 6.58 Å². The number of methoxy groups -OCH3 is 1. The second kappa shape index (κ2) is 11.8. The van der Waals surface area contributed by atoms with Crippen LogP contribution < -0.4 is 14.8 Å². The molecule has 1 aromatic heterocycles. The zero-order valence-electron chi connectivity index (χ0n) is 20.5. The van der Waals surface area contributed by atoms with E-state index >= 15 is 0 Å². The third-order valence-electron chi connectivity index (χ3n) is 6.16. The summed E-state index contributed by atoms with van der Waals surface area (Å²) in [6.07, 6.45) is 4.37. The van der Waals surface area contributed by atoms with Crippen LogP contribution in [0.5, 0.6) is 11.5 Å². The Hall–Kier alpha value is -3.49. The van der Waals surface area contributed by atoms with E-state index in [1.54, 1.807) is 19.5 Å². The van der Waals surface area contributed by atoms with E-state index in [0.717, 1.165) is 67.0 Å². The highest BCUT2D eigenvalue weighted by atomic mass is 16.5. The molecule has 0 saturated carbocycles. The summed E-state index contributed by atoms with van der Waals surface area (Å²) in [6.45, 7) is 9.69. The van der Waals surface area contributed by atoms with Gasteiger partial charge in [-0.2, -0.15) is 0 Å². The Balaban J connectivity index is 1.46. The molecule has 8 heteroatoms. The summed E-state index contributed by atoms with van der Waals surface area (Å²) in [4.78, 5) is 25.6. The standard InChI is InChI=1S/C27H33N5O3/c1-4-6-26(33)30-21-9-7-20(8-10-21)27-22-17-24(34-3)25(18-23(22)28-19-29-27)35-16-5-11-32-14-12-31(2)13-15-32/h4,7-10,17-19H,1,5-6,11-16H2,2-3H3,(H,30,33). The van der Waals surface area contributed by atoms with Crippen LogP contribution in [-0.2, 0) is 4.79 Å². The molecule has 2 heterocycles. The fourth-order valence-corrected chi connectivity index (χ4v) is 4.16. The fourth-order valence-electron chi connectivity index (χ4n) is 4.16. The second-order valence-electron chi connectivity index (χ2n) is 8.71. The molecular formula is C27H33N5O3. The number of likely N-dealkylation sites (N-methyl/N-ethyl adjacent to an activating group) is 1. The molecule has 4 rings (SSSR count). The number of benzene rings is 2. The van der Waals surface area contributed by atoms with Crippen LogP contribution in [0.4, 0.5) is 5.69 Å². The lowest BCUT2D eigenvalue weighted by molar-refractivity contribution is -0.115. The largest absolute Gasteiger partial charge is 0.493 e. The lowest BCUT2D eigenvalue weighted by Gasteiger charge is -2.32. The molecule has 0 atom stereocenters. The quantitative estimate of drug-likeness (QED) is 0.353. The van der Waals surface area contributed by atoms with E-state index in [2.05, 4.69) is 38.7 Å². The second-order valence-corrected chi connectivity index (χ2v) is 8.71. The summed E-state index contributed by atoms with van der Waals surface area (Å²) in [6, 6.07) is 11.4. The monoisotopic (exact) mass is 475 g/mol. The number of rotatable bonds is 10. The van der Waals surface area contributed by atoms with Gasteiger partial charge in [0, 0.05) is 61.8 Å². The van der Waals surface area contributed by atoms with Crippen LogP contribution in [0.3, 0.4) is 0 Å². The van der Waals surface area contributed by atoms with E-state index in [0.29, 0.717) is 18.1 Å². The van der Waals surface area contributed by atoms with E-state index < -0.39 is 0 Å². The SMILES string of the molecule is C=CCC(=O)Nc1ccc(-c2ncnc3cc(OCCCN4CCN(C)CC4)c(OC)cc23)cc1. The molecule has 0 spiro atoms. The molecule has 0 radical (unpaired) electrons. The number of fused-ring (bicyclic) bond motifs is 1. The molecule has 0 unspecified atom stereocenters. The molecular weight excluding hydrogens is 442 g/mol. The lowest BCUT2D eigenvalue weighted by Crippen LogP contribution is -2.44. The maximum absolute atomic E-state index is 11.8. The van der Waals surface area contributed by atoms with Crippen molar-refractivity contribution in [3.63, 3.8) is 0 Å². The summed E-state index contributed by atoms with van der Waals surface area (Å²) in [5.41, 5.74) is 3.22. The average Bonchev–Trinajstić information content (AvgIpc) is 2.87. The Morgan fingerprint density at radius 3 is 2.60 bits per heavy atom. The van der Waals surface area contributed by atoms with Crippen molar-refractivity contribution >= 4 is 22.5 Å². The molecule has 1 aliphatic rings. The highest BCUT2D eigenvalue weighted by Crippen LogP contribution is 2.35. The van der Waals surface area contributed by atoms with Crippen LogP contribution in [0, 0.1) is 0 Å². The maximum atomic E-state index is 11.8. The predicted octanol–water partition coefficient (Wildman–Crippen LogP) is 3.84. The Bertz CT molecular complexity index is 1160. The Morgan fingerprint density at radius 1 is 1.11 bits per heavy atom. The minimum atomic E-state index is -0.0963. The van der Waals surface area contributed by atoms with Crippen molar-refractivity contribution in [3.05, 3.63) is 55.4 Å². The van der Waals surface area contributed by atoms with E-state index in [1.807, 2.05) is 36.4 Å². The Morgan fingerprint density at radius 2 is 1.89 bits per heavy atom. The topological polar surface area (TPSA) is 79.8 Å². The van der Waals surface area contributed by atoms with Gasteiger partial charge in [0.05, 0.1) is 24.9 Å². The number of piperazine rings is 1. The number of ether oxygens (including phenoxy) is 2. The van der Waals surface area contributed by atoms with E-state index in [4.69, 9.17) is 9.47 Å². The van der Waals surface area contributed by atoms with Gasteiger partial charge in [0.25, 0.3) is 0 Å².